The summed E-state index contributed by atoms with van der Waals surface area (Å²) in [4.78, 5) is 13.8. The number of carbonyl (C=O) groups is 1. The fourth-order valence-electron chi connectivity index (χ4n) is 2.83. The molecule has 0 fully saturated rings. The van der Waals surface area contributed by atoms with Crippen LogP contribution in [-0.2, 0) is 24.2 Å². The first-order valence-electron chi connectivity index (χ1n) is 8.34. The summed E-state index contributed by atoms with van der Waals surface area (Å²) in [7, 11) is 0. The predicted octanol–water partition coefficient (Wildman–Crippen LogP) is 2.63. The SMILES string of the molecule is CC(C)(C)OC(=O)N1CCc2c(nnn2Cc2ccc(F)cc2C#N)C1. The largest absolute Gasteiger partial charge is 0.444 e. The number of fused-ring (bicyclic) bond motifs is 1. The molecule has 2 aromatic rings. The number of benzene rings is 1. The fourth-order valence-corrected chi connectivity index (χ4v) is 2.83. The quantitative estimate of drug-likeness (QED) is 0.825. The molecule has 0 aliphatic carbocycles. The molecule has 3 rings (SSSR count). The van der Waals surface area contributed by atoms with Gasteiger partial charge in [-0.3, -0.25) is 0 Å². The lowest BCUT2D eigenvalue weighted by Crippen LogP contribution is -2.40. The molecule has 8 heteroatoms. The molecule has 1 aliphatic heterocycles. The van der Waals surface area contributed by atoms with Crippen molar-refractivity contribution in [3.63, 3.8) is 0 Å². The number of amides is 1. The molecule has 0 spiro atoms. The van der Waals surface area contributed by atoms with Crippen molar-refractivity contribution < 1.29 is 13.9 Å². The average molecular weight is 357 g/mol. The molecule has 0 radical (unpaired) electrons. The Kier molecular flexibility index (Phi) is 4.64. The van der Waals surface area contributed by atoms with Crippen LogP contribution < -0.4 is 0 Å². The predicted molar refractivity (Wildman–Crippen MR) is 90.6 cm³/mol. The van der Waals surface area contributed by atoms with Gasteiger partial charge in [-0.1, -0.05) is 11.3 Å². The van der Waals surface area contributed by atoms with E-state index in [1.807, 2.05) is 26.8 Å². The van der Waals surface area contributed by atoms with E-state index < -0.39 is 11.4 Å². The number of hydrogen-bond donors (Lipinski definition) is 0. The van der Waals surface area contributed by atoms with Crippen molar-refractivity contribution in [3.8, 4) is 6.07 Å². The molecule has 0 saturated carbocycles. The maximum absolute atomic E-state index is 13.3. The van der Waals surface area contributed by atoms with Crippen LogP contribution in [0.4, 0.5) is 9.18 Å². The molecule has 1 aliphatic rings. The van der Waals surface area contributed by atoms with Crippen molar-refractivity contribution in [2.45, 2.75) is 45.9 Å². The Morgan fingerprint density at radius 3 is 2.88 bits per heavy atom. The van der Waals surface area contributed by atoms with Crippen LogP contribution in [0.15, 0.2) is 18.2 Å². The lowest BCUT2D eigenvalue weighted by molar-refractivity contribution is 0.0220. The highest BCUT2D eigenvalue weighted by Crippen LogP contribution is 2.21. The number of carbonyl (C=O) groups excluding carboxylic acids is 1. The van der Waals surface area contributed by atoms with Crippen LogP contribution in [0, 0.1) is 17.1 Å². The van der Waals surface area contributed by atoms with Crippen molar-refractivity contribution in [1.29, 1.82) is 5.26 Å². The lowest BCUT2D eigenvalue weighted by atomic mass is 10.1. The first-order chi connectivity index (χ1) is 12.3. The summed E-state index contributed by atoms with van der Waals surface area (Å²) in [5.41, 5.74) is 2.03. The molecule has 26 heavy (non-hydrogen) atoms. The summed E-state index contributed by atoms with van der Waals surface area (Å²) in [5.74, 6) is -0.445. The van der Waals surface area contributed by atoms with Crippen LogP contribution in [0.3, 0.4) is 0 Å². The molecule has 2 heterocycles. The van der Waals surface area contributed by atoms with E-state index >= 15 is 0 Å². The third-order valence-electron chi connectivity index (χ3n) is 4.04. The molecule has 0 saturated heterocycles. The third kappa shape index (κ3) is 3.82. The van der Waals surface area contributed by atoms with E-state index in [4.69, 9.17) is 4.74 Å². The van der Waals surface area contributed by atoms with Gasteiger partial charge < -0.3 is 9.64 Å². The second-order valence-electron chi connectivity index (χ2n) is 7.21. The van der Waals surface area contributed by atoms with Gasteiger partial charge in [-0.15, -0.1) is 5.10 Å². The van der Waals surface area contributed by atoms with Gasteiger partial charge in [0, 0.05) is 13.0 Å². The summed E-state index contributed by atoms with van der Waals surface area (Å²) in [5, 5.41) is 17.5. The highest BCUT2D eigenvalue weighted by Gasteiger charge is 2.28. The second kappa shape index (κ2) is 6.75. The highest BCUT2D eigenvalue weighted by atomic mass is 19.1. The first kappa shape index (κ1) is 17.9. The van der Waals surface area contributed by atoms with Crippen molar-refractivity contribution in [2.24, 2.45) is 0 Å². The van der Waals surface area contributed by atoms with E-state index in [1.54, 1.807) is 15.6 Å². The third-order valence-corrected chi connectivity index (χ3v) is 4.04. The Bertz CT molecular complexity index is 879. The fraction of sp³-hybridized carbons (Fsp3) is 0.444. The molecule has 1 aromatic carbocycles. The van der Waals surface area contributed by atoms with Crippen LogP contribution in [-0.4, -0.2) is 38.1 Å². The Hall–Kier alpha value is -2.95. The van der Waals surface area contributed by atoms with Gasteiger partial charge in [-0.2, -0.15) is 5.26 Å². The number of nitrogens with zero attached hydrogens (tertiary/aromatic N) is 5. The van der Waals surface area contributed by atoms with Gasteiger partial charge in [-0.05, 0) is 38.5 Å². The summed E-state index contributed by atoms with van der Waals surface area (Å²) >= 11 is 0. The van der Waals surface area contributed by atoms with Crippen LogP contribution in [0.1, 0.15) is 43.3 Å². The standard InChI is InChI=1S/C18H20FN5O2/c1-18(2,3)26-17(25)23-7-6-16-15(11-23)21-22-24(16)10-12-4-5-14(19)8-13(12)9-20/h4-5,8H,6-7,10-11H2,1-3H3. The molecule has 0 unspecified atom stereocenters. The molecule has 0 atom stereocenters. The van der Waals surface area contributed by atoms with Gasteiger partial charge in [0.05, 0.1) is 30.4 Å². The summed E-state index contributed by atoms with van der Waals surface area (Å²) < 4.78 is 20.4. The van der Waals surface area contributed by atoms with Crippen LogP contribution in [0.25, 0.3) is 0 Å². The van der Waals surface area contributed by atoms with Gasteiger partial charge in [-0.25, -0.2) is 13.9 Å². The topological polar surface area (TPSA) is 84.0 Å². The first-order valence-corrected chi connectivity index (χ1v) is 8.34. The zero-order valence-corrected chi connectivity index (χ0v) is 15.0. The van der Waals surface area contributed by atoms with Crippen molar-refractivity contribution in [3.05, 3.63) is 46.5 Å². The van der Waals surface area contributed by atoms with E-state index in [2.05, 4.69) is 10.3 Å². The minimum atomic E-state index is -0.550. The summed E-state index contributed by atoms with van der Waals surface area (Å²) in [6, 6.07) is 6.12. The van der Waals surface area contributed by atoms with E-state index in [9.17, 15) is 14.4 Å². The molecule has 136 valence electrons. The number of rotatable bonds is 2. The van der Waals surface area contributed by atoms with Crippen LogP contribution in [0.2, 0.25) is 0 Å². The number of halogens is 1. The maximum atomic E-state index is 13.3. The van der Waals surface area contributed by atoms with Crippen molar-refractivity contribution in [2.75, 3.05) is 6.54 Å². The van der Waals surface area contributed by atoms with E-state index in [-0.39, 0.29) is 11.7 Å². The second-order valence-corrected chi connectivity index (χ2v) is 7.21. The number of nitriles is 1. The summed E-state index contributed by atoms with van der Waals surface area (Å²) in [6.07, 6.45) is 0.216. The van der Waals surface area contributed by atoms with Gasteiger partial charge in [0.2, 0.25) is 0 Å². The maximum Gasteiger partial charge on any atom is 0.410 e. The van der Waals surface area contributed by atoms with Crippen LogP contribution in [0.5, 0.6) is 0 Å². The number of aromatic nitrogens is 3. The zero-order chi connectivity index (χ0) is 18.9. The number of ether oxygens (including phenoxy) is 1. The van der Waals surface area contributed by atoms with Crippen molar-refractivity contribution >= 4 is 6.09 Å². The Morgan fingerprint density at radius 1 is 1.42 bits per heavy atom. The van der Waals surface area contributed by atoms with Crippen LogP contribution >= 0.6 is 0 Å². The van der Waals surface area contributed by atoms with Gasteiger partial charge in [0.25, 0.3) is 0 Å². The lowest BCUT2D eigenvalue weighted by Gasteiger charge is -2.29. The Labute approximate surface area is 151 Å². The molecular weight excluding hydrogens is 337 g/mol. The van der Waals surface area contributed by atoms with Gasteiger partial charge >= 0.3 is 6.09 Å². The smallest absolute Gasteiger partial charge is 0.410 e. The molecule has 1 aromatic heterocycles. The normalized spacial score (nSPS) is 13.9. The molecule has 0 bridgehead atoms. The monoisotopic (exact) mass is 357 g/mol. The molecule has 1 amide bonds. The Morgan fingerprint density at radius 2 is 2.19 bits per heavy atom. The average Bonchev–Trinajstić information content (AvgIpc) is 2.97. The van der Waals surface area contributed by atoms with Gasteiger partial charge in [0.1, 0.15) is 17.1 Å². The Balaban J connectivity index is 1.76. The highest BCUT2D eigenvalue weighted by molar-refractivity contribution is 5.68. The number of hydrogen-bond acceptors (Lipinski definition) is 5. The zero-order valence-electron chi connectivity index (χ0n) is 15.0. The molecule has 7 nitrogen and oxygen atoms in total. The minimum Gasteiger partial charge on any atom is -0.444 e. The van der Waals surface area contributed by atoms with Crippen molar-refractivity contribution in [1.82, 2.24) is 19.9 Å². The molecular formula is C18H20FN5O2. The van der Waals surface area contributed by atoms with E-state index in [0.717, 1.165) is 5.69 Å². The van der Waals surface area contributed by atoms with Gasteiger partial charge in [0.15, 0.2) is 0 Å². The minimum absolute atomic E-state index is 0.278. The van der Waals surface area contributed by atoms with E-state index in [1.165, 1.54) is 12.1 Å². The molecule has 0 N–H and O–H groups in total. The summed E-state index contributed by atoms with van der Waals surface area (Å²) in [6.45, 7) is 6.64. The van der Waals surface area contributed by atoms with E-state index in [0.29, 0.717) is 37.3 Å².